The van der Waals surface area contributed by atoms with E-state index < -0.39 is 0 Å². The van der Waals surface area contributed by atoms with Crippen molar-refractivity contribution < 1.29 is 5.11 Å². The van der Waals surface area contributed by atoms with Crippen LogP contribution in [0.5, 0.6) is 0 Å². The van der Waals surface area contributed by atoms with Crippen LogP contribution in [-0.2, 0) is 0 Å². The standard InChI is InChI=1S/C21H36OS/c1-5-15-7-8-17-20(4)11-6-10-19(2,3)16(20)9-12-21(17,14-23)18(22)13-15/h13,16-18,22-23H,5-12,14H2,1-4H3. The van der Waals surface area contributed by atoms with Gasteiger partial charge in [-0.05, 0) is 73.4 Å². The fourth-order valence-corrected chi connectivity index (χ4v) is 7.46. The Morgan fingerprint density at radius 3 is 2.52 bits per heavy atom. The lowest BCUT2D eigenvalue weighted by Gasteiger charge is -2.63. The van der Waals surface area contributed by atoms with Crippen LogP contribution < -0.4 is 0 Å². The van der Waals surface area contributed by atoms with E-state index in [1.165, 1.54) is 44.1 Å². The number of allylic oxidation sites excluding steroid dienone is 1. The van der Waals surface area contributed by atoms with Crippen LogP contribution >= 0.6 is 12.6 Å². The molecule has 1 N–H and O–H groups in total. The van der Waals surface area contributed by atoms with Crippen molar-refractivity contribution in [3.05, 3.63) is 11.6 Å². The van der Waals surface area contributed by atoms with Crippen LogP contribution in [0.1, 0.15) is 79.1 Å². The average molecular weight is 337 g/mol. The minimum absolute atomic E-state index is 0.00129. The number of thiol groups is 1. The minimum atomic E-state index is -0.301. The molecule has 0 amide bonds. The summed E-state index contributed by atoms with van der Waals surface area (Å²) in [5.74, 6) is 2.24. The SMILES string of the molecule is CCC1=CC(O)C2(CS)CCC3C(C)(C)CCCC3(C)C2CC1. The van der Waals surface area contributed by atoms with Gasteiger partial charge in [-0.1, -0.05) is 45.8 Å². The number of rotatable bonds is 2. The van der Waals surface area contributed by atoms with Crippen molar-refractivity contribution >= 4 is 12.6 Å². The van der Waals surface area contributed by atoms with Gasteiger partial charge in [-0.3, -0.25) is 0 Å². The largest absolute Gasteiger partial charge is 0.388 e. The molecule has 5 unspecified atom stereocenters. The molecule has 0 aromatic carbocycles. The molecule has 2 saturated carbocycles. The molecule has 3 aliphatic carbocycles. The summed E-state index contributed by atoms with van der Waals surface area (Å²) in [6.45, 7) is 9.77. The zero-order valence-electron chi connectivity index (χ0n) is 15.6. The first-order valence-electron chi connectivity index (χ1n) is 9.78. The van der Waals surface area contributed by atoms with Crippen molar-refractivity contribution in [2.45, 2.75) is 85.2 Å². The van der Waals surface area contributed by atoms with Gasteiger partial charge >= 0.3 is 0 Å². The third-order valence-corrected chi connectivity index (χ3v) is 8.74. The van der Waals surface area contributed by atoms with Crippen LogP contribution in [0.3, 0.4) is 0 Å². The molecule has 0 radical (unpaired) electrons. The van der Waals surface area contributed by atoms with Crippen LogP contribution in [0.4, 0.5) is 0 Å². The van der Waals surface area contributed by atoms with E-state index in [1.54, 1.807) is 0 Å². The number of hydrogen-bond donors (Lipinski definition) is 2. The highest BCUT2D eigenvalue weighted by molar-refractivity contribution is 7.80. The van der Waals surface area contributed by atoms with Crippen LogP contribution in [0.15, 0.2) is 11.6 Å². The molecule has 3 rings (SSSR count). The van der Waals surface area contributed by atoms with Gasteiger partial charge in [-0.2, -0.15) is 12.6 Å². The lowest BCUT2D eigenvalue weighted by atomic mass is 9.42. The molecule has 0 aliphatic heterocycles. The first-order valence-corrected chi connectivity index (χ1v) is 10.4. The summed E-state index contributed by atoms with van der Waals surface area (Å²) < 4.78 is 0. The summed E-state index contributed by atoms with van der Waals surface area (Å²) >= 11 is 4.79. The second kappa shape index (κ2) is 6.09. The van der Waals surface area contributed by atoms with E-state index in [9.17, 15) is 5.11 Å². The number of aliphatic hydroxyl groups excluding tert-OH is 1. The molecule has 2 heteroatoms. The Balaban J connectivity index is 2.03. The molecular formula is C21H36OS. The third-order valence-electron chi connectivity index (χ3n) is 8.15. The Hall–Kier alpha value is 0.0500. The minimum Gasteiger partial charge on any atom is -0.388 e. The molecule has 0 heterocycles. The lowest BCUT2D eigenvalue weighted by molar-refractivity contribution is -0.152. The number of aliphatic hydroxyl groups is 1. The Bertz CT molecular complexity index is 482. The van der Waals surface area contributed by atoms with Gasteiger partial charge in [0.05, 0.1) is 6.10 Å². The summed E-state index contributed by atoms with van der Waals surface area (Å²) in [6, 6.07) is 0. The predicted molar refractivity (Wildman–Crippen MR) is 102 cm³/mol. The van der Waals surface area contributed by atoms with E-state index in [1.807, 2.05) is 0 Å². The highest BCUT2D eigenvalue weighted by Crippen LogP contribution is 2.66. The van der Waals surface area contributed by atoms with Gasteiger partial charge in [0.1, 0.15) is 0 Å². The normalized spacial score (nSPS) is 46.3. The van der Waals surface area contributed by atoms with E-state index in [2.05, 4.69) is 33.8 Å². The van der Waals surface area contributed by atoms with Crippen molar-refractivity contribution in [2.75, 3.05) is 5.75 Å². The van der Waals surface area contributed by atoms with E-state index in [0.29, 0.717) is 16.7 Å². The lowest BCUT2D eigenvalue weighted by Crippen LogP contribution is -2.59. The second-order valence-electron chi connectivity index (χ2n) is 9.55. The van der Waals surface area contributed by atoms with Gasteiger partial charge in [0.15, 0.2) is 0 Å². The molecule has 3 aliphatic rings. The topological polar surface area (TPSA) is 20.2 Å². The zero-order valence-corrected chi connectivity index (χ0v) is 16.5. The maximum atomic E-state index is 11.1. The Morgan fingerprint density at radius 1 is 1.13 bits per heavy atom. The third kappa shape index (κ3) is 2.63. The summed E-state index contributed by atoms with van der Waals surface area (Å²) in [4.78, 5) is 0. The summed E-state index contributed by atoms with van der Waals surface area (Å²) in [5, 5.41) is 11.1. The molecule has 132 valence electrons. The van der Waals surface area contributed by atoms with Gasteiger partial charge in [-0.15, -0.1) is 0 Å². The van der Waals surface area contributed by atoms with Crippen LogP contribution in [-0.4, -0.2) is 17.0 Å². The van der Waals surface area contributed by atoms with Gasteiger partial charge < -0.3 is 5.11 Å². The second-order valence-corrected chi connectivity index (χ2v) is 9.86. The van der Waals surface area contributed by atoms with Crippen molar-refractivity contribution in [3.8, 4) is 0 Å². The van der Waals surface area contributed by atoms with Crippen molar-refractivity contribution in [1.82, 2.24) is 0 Å². The number of fused-ring (bicyclic) bond motifs is 3. The highest BCUT2D eigenvalue weighted by Gasteiger charge is 2.60. The van der Waals surface area contributed by atoms with E-state index in [0.717, 1.165) is 24.5 Å². The van der Waals surface area contributed by atoms with Crippen LogP contribution in [0.2, 0.25) is 0 Å². The maximum absolute atomic E-state index is 11.1. The highest BCUT2D eigenvalue weighted by atomic mass is 32.1. The monoisotopic (exact) mass is 336 g/mol. The summed E-state index contributed by atoms with van der Waals surface area (Å²) in [5.41, 5.74) is 2.29. The van der Waals surface area contributed by atoms with E-state index >= 15 is 0 Å². The first kappa shape index (κ1) is 17.9. The predicted octanol–water partition coefficient (Wildman–Crippen LogP) is 5.64. The van der Waals surface area contributed by atoms with E-state index in [-0.39, 0.29) is 11.5 Å². The molecule has 0 aromatic rings. The Morgan fingerprint density at radius 2 is 1.87 bits per heavy atom. The summed E-state index contributed by atoms with van der Waals surface area (Å²) in [6.07, 6.45) is 11.9. The molecule has 2 fully saturated rings. The van der Waals surface area contributed by atoms with Crippen LogP contribution in [0.25, 0.3) is 0 Å². The Labute approximate surface area is 148 Å². The van der Waals surface area contributed by atoms with Gasteiger partial charge in [0.25, 0.3) is 0 Å². The molecular weight excluding hydrogens is 300 g/mol. The van der Waals surface area contributed by atoms with Gasteiger partial charge in [0.2, 0.25) is 0 Å². The Kier molecular flexibility index (Phi) is 4.73. The van der Waals surface area contributed by atoms with Crippen LogP contribution in [0, 0.1) is 28.1 Å². The summed E-state index contributed by atoms with van der Waals surface area (Å²) in [7, 11) is 0. The molecule has 1 nitrogen and oxygen atoms in total. The van der Waals surface area contributed by atoms with Gasteiger partial charge in [-0.25, -0.2) is 0 Å². The molecule has 0 bridgehead atoms. The molecule has 23 heavy (non-hydrogen) atoms. The zero-order chi connectivity index (χ0) is 16.9. The molecule has 0 aromatic heterocycles. The molecule has 0 spiro atoms. The maximum Gasteiger partial charge on any atom is 0.0790 e. The van der Waals surface area contributed by atoms with Crippen molar-refractivity contribution in [3.63, 3.8) is 0 Å². The molecule has 5 atom stereocenters. The molecule has 0 saturated heterocycles. The fraction of sp³-hybridized carbons (Fsp3) is 0.905. The first-order chi connectivity index (χ1) is 10.8. The average Bonchev–Trinajstić information content (AvgIpc) is 2.64. The smallest absolute Gasteiger partial charge is 0.0790 e. The van der Waals surface area contributed by atoms with Gasteiger partial charge in [0, 0.05) is 5.41 Å². The van der Waals surface area contributed by atoms with Crippen molar-refractivity contribution in [2.24, 2.45) is 28.1 Å². The van der Waals surface area contributed by atoms with Crippen molar-refractivity contribution in [1.29, 1.82) is 0 Å². The fourth-order valence-electron chi connectivity index (χ4n) is 6.90. The number of hydrogen-bond acceptors (Lipinski definition) is 2. The van der Waals surface area contributed by atoms with E-state index in [4.69, 9.17) is 12.6 Å². The quantitative estimate of drug-likeness (QED) is 0.494.